The van der Waals surface area contributed by atoms with Crippen LogP contribution >= 0.6 is 11.3 Å². The van der Waals surface area contributed by atoms with Gasteiger partial charge in [-0.25, -0.2) is 4.79 Å². The summed E-state index contributed by atoms with van der Waals surface area (Å²) < 4.78 is 0. The summed E-state index contributed by atoms with van der Waals surface area (Å²) in [7, 11) is 0. The molecule has 4 nitrogen and oxygen atoms in total. The molecule has 0 atom stereocenters. The van der Waals surface area contributed by atoms with Crippen molar-refractivity contribution >= 4 is 29.3 Å². The Morgan fingerprint density at radius 3 is 2.63 bits per heavy atom. The molecule has 0 saturated heterocycles. The first-order chi connectivity index (χ1) is 9.06. The average Bonchev–Trinajstić information content (AvgIpc) is 2.83. The van der Waals surface area contributed by atoms with Crippen molar-refractivity contribution in [2.45, 2.75) is 33.2 Å². The predicted molar refractivity (Wildman–Crippen MR) is 76.9 cm³/mol. The number of carbonyl (C=O) groups excluding carboxylic acids is 1. The van der Waals surface area contributed by atoms with Crippen molar-refractivity contribution in [2.24, 2.45) is 5.92 Å². The number of nitrogens with one attached hydrogen (secondary N) is 1. The second-order valence-corrected chi connectivity index (χ2v) is 5.41. The van der Waals surface area contributed by atoms with E-state index < -0.39 is 5.97 Å². The van der Waals surface area contributed by atoms with Gasteiger partial charge in [0.25, 0.3) is 0 Å². The molecule has 0 aromatic carbocycles. The molecule has 0 bridgehead atoms. The molecule has 0 fully saturated rings. The molecule has 0 aliphatic heterocycles. The molecule has 5 heteroatoms. The van der Waals surface area contributed by atoms with Gasteiger partial charge in [0, 0.05) is 21.7 Å². The van der Waals surface area contributed by atoms with Crippen LogP contribution in [-0.4, -0.2) is 17.0 Å². The Morgan fingerprint density at radius 1 is 1.37 bits per heavy atom. The third-order valence-electron chi connectivity index (χ3n) is 2.87. The van der Waals surface area contributed by atoms with Gasteiger partial charge in [0.05, 0.1) is 6.54 Å². The lowest BCUT2D eigenvalue weighted by Gasteiger charge is -2.11. The standard InChI is InChI=1S/C14H19NO3S/c1-3-10(4-2)14(18)15-9-12-6-5-11(19-12)7-8-13(16)17/h5-8,10H,3-4,9H2,1-2H3,(H,15,18)(H,16,17). The van der Waals surface area contributed by atoms with Crippen LogP contribution in [-0.2, 0) is 16.1 Å². The van der Waals surface area contributed by atoms with Crippen LogP contribution < -0.4 is 5.32 Å². The smallest absolute Gasteiger partial charge is 0.328 e. The molecule has 1 aromatic rings. The van der Waals surface area contributed by atoms with Crippen LogP contribution in [0.3, 0.4) is 0 Å². The van der Waals surface area contributed by atoms with Gasteiger partial charge in [-0.1, -0.05) is 13.8 Å². The van der Waals surface area contributed by atoms with E-state index in [1.165, 1.54) is 11.3 Å². The highest BCUT2D eigenvalue weighted by atomic mass is 32.1. The first-order valence-electron chi connectivity index (χ1n) is 6.34. The van der Waals surface area contributed by atoms with Crippen LogP contribution in [0.1, 0.15) is 36.4 Å². The first kappa shape index (κ1) is 15.4. The van der Waals surface area contributed by atoms with Gasteiger partial charge >= 0.3 is 5.97 Å². The Balaban J connectivity index is 2.50. The number of aliphatic carboxylic acids is 1. The Bertz CT molecular complexity index is 461. The zero-order chi connectivity index (χ0) is 14.3. The van der Waals surface area contributed by atoms with E-state index in [9.17, 15) is 9.59 Å². The summed E-state index contributed by atoms with van der Waals surface area (Å²) in [6.45, 7) is 4.52. The molecular weight excluding hydrogens is 262 g/mol. The van der Waals surface area contributed by atoms with E-state index in [0.29, 0.717) is 6.54 Å². The number of rotatable bonds is 7. The highest BCUT2D eigenvalue weighted by Crippen LogP contribution is 2.18. The highest BCUT2D eigenvalue weighted by molar-refractivity contribution is 7.12. The Hall–Kier alpha value is -1.62. The minimum absolute atomic E-state index is 0.0753. The van der Waals surface area contributed by atoms with E-state index in [2.05, 4.69) is 5.32 Å². The van der Waals surface area contributed by atoms with Crippen LogP contribution in [0.2, 0.25) is 0 Å². The Labute approximate surface area is 117 Å². The Kier molecular flexibility index (Phi) is 6.29. The van der Waals surface area contributed by atoms with Crippen molar-refractivity contribution in [3.8, 4) is 0 Å². The fourth-order valence-electron chi connectivity index (χ4n) is 1.71. The van der Waals surface area contributed by atoms with Crippen LogP contribution in [0.5, 0.6) is 0 Å². The summed E-state index contributed by atoms with van der Waals surface area (Å²) in [6, 6.07) is 3.75. The molecule has 19 heavy (non-hydrogen) atoms. The van der Waals surface area contributed by atoms with Crippen molar-refractivity contribution in [2.75, 3.05) is 0 Å². The van der Waals surface area contributed by atoms with E-state index in [1.807, 2.05) is 26.0 Å². The van der Waals surface area contributed by atoms with Crippen LogP contribution in [0.15, 0.2) is 18.2 Å². The van der Waals surface area contributed by atoms with Crippen LogP contribution in [0.4, 0.5) is 0 Å². The molecule has 0 radical (unpaired) electrons. The molecule has 0 spiro atoms. The van der Waals surface area contributed by atoms with Gasteiger partial charge in [0.1, 0.15) is 0 Å². The van der Waals surface area contributed by atoms with Crippen molar-refractivity contribution in [3.63, 3.8) is 0 Å². The topological polar surface area (TPSA) is 66.4 Å². The lowest BCUT2D eigenvalue weighted by Crippen LogP contribution is -2.29. The molecule has 0 saturated carbocycles. The molecule has 2 N–H and O–H groups in total. The molecule has 1 aromatic heterocycles. The minimum atomic E-state index is -0.961. The maximum Gasteiger partial charge on any atom is 0.328 e. The highest BCUT2D eigenvalue weighted by Gasteiger charge is 2.13. The van der Waals surface area contributed by atoms with E-state index in [4.69, 9.17) is 5.11 Å². The number of amides is 1. The zero-order valence-corrected chi connectivity index (χ0v) is 12.0. The SMILES string of the molecule is CCC(CC)C(=O)NCc1ccc(C=CC(=O)O)s1. The van der Waals surface area contributed by atoms with Gasteiger partial charge in [-0.05, 0) is 31.1 Å². The van der Waals surface area contributed by atoms with Gasteiger partial charge in [0.15, 0.2) is 0 Å². The summed E-state index contributed by atoms with van der Waals surface area (Å²) in [5, 5.41) is 11.4. The molecular formula is C14H19NO3S. The number of hydrogen-bond acceptors (Lipinski definition) is 3. The van der Waals surface area contributed by atoms with Crippen molar-refractivity contribution in [1.29, 1.82) is 0 Å². The summed E-state index contributed by atoms with van der Waals surface area (Å²) >= 11 is 1.48. The number of thiophene rings is 1. The first-order valence-corrected chi connectivity index (χ1v) is 7.15. The number of hydrogen-bond donors (Lipinski definition) is 2. The number of carboxylic acid groups (broad SMARTS) is 1. The van der Waals surface area contributed by atoms with E-state index >= 15 is 0 Å². The minimum Gasteiger partial charge on any atom is -0.478 e. The molecule has 0 unspecified atom stereocenters. The van der Waals surface area contributed by atoms with E-state index in [1.54, 1.807) is 6.08 Å². The lowest BCUT2D eigenvalue weighted by atomic mass is 10.0. The number of carboxylic acids is 1. The largest absolute Gasteiger partial charge is 0.478 e. The lowest BCUT2D eigenvalue weighted by molar-refractivity contribution is -0.131. The predicted octanol–water partition coefficient (Wildman–Crippen LogP) is 2.90. The van der Waals surface area contributed by atoms with Crippen molar-refractivity contribution in [1.82, 2.24) is 5.32 Å². The molecule has 0 aliphatic carbocycles. The van der Waals surface area contributed by atoms with Gasteiger partial charge in [-0.2, -0.15) is 0 Å². The molecule has 1 amide bonds. The molecule has 104 valence electrons. The molecule has 0 aliphatic rings. The van der Waals surface area contributed by atoms with Gasteiger partial charge in [-0.3, -0.25) is 4.79 Å². The fourth-order valence-corrected chi connectivity index (χ4v) is 2.57. The summed E-state index contributed by atoms with van der Waals surface area (Å²) in [4.78, 5) is 24.1. The van der Waals surface area contributed by atoms with Gasteiger partial charge in [-0.15, -0.1) is 11.3 Å². The van der Waals surface area contributed by atoms with Gasteiger partial charge in [0.2, 0.25) is 5.91 Å². The third kappa shape index (κ3) is 5.26. The van der Waals surface area contributed by atoms with E-state index in [-0.39, 0.29) is 11.8 Å². The van der Waals surface area contributed by atoms with Crippen molar-refractivity contribution in [3.05, 3.63) is 28.0 Å². The summed E-state index contributed by atoms with van der Waals surface area (Å²) in [5.41, 5.74) is 0. The van der Waals surface area contributed by atoms with Crippen molar-refractivity contribution < 1.29 is 14.7 Å². The summed E-state index contributed by atoms with van der Waals surface area (Å²) in [5.74, 6) is -0.802. The monoisotopic (exact) mass is 281 g/mol. The number of carbonyl (C=O) groups is 2. The fraction of sp³-hybridized carbons (Fsp3) is 0.429. The van der Waals surface area contributed by atoms with Crippen LogP contribution in [0, 0.1) is 5.92 Å². The average molecular weight is 281 g/mol. The third-order valence-corrected chi connectivity index (χ3v) is 3.92. The second-order valence-electron chi connectivity index (χ2n) is 4.21. The van der Waals surface area contributed by atoms with Gasteiger partial charge < -0.3 is 10.4 Å². The maximum absolute atomic E-state index is 11.8. The molecule has 1 rings (SSSR count). The van der Waals surface area contributed by atoms with Crippen LogP contribution in [0.25, 0.3) is 6.08 Å². The maximum atomic E-state index is 11.8. The van der Waals surface area contributed by atoms with E-state index in [0.717, 1.165) is 28.7 Å². The zero-order valence-electron chi connectivity index (χ0n) is 11.2. The normalized spacial score (nSPS) is 11.1. The summed E-state index contributed by atoms with van der Waals surface area (Å²) in [6.07, 6.45) is 4.36. The Morgan fingerprint density at radius 2 is 2.05 bits per heavy atom. The quantitative estimate of drug-likeness (QED) is 0.755. The second kappa shape index (κ2) is 7.74. The molecule has 1 heterocycles.